The van der Waals surface area contributed by atoms with Gasteiger partial charge in [0.1, 0.15) is 0 Å². The molecule has 3 atom stereocenters. The average Bonchev–Trinajstić information content (AvgIpc) is 3.11. The third kappa shape index (κ3) is 7.03. The largest absolute Gasteiger partial charge is 0.363 e. The summed E-state index contributed by atoms with van der Waals surface area (Å²) in [6.07, 6.45) is 1.77. The average molecular weight is 692 g/mol. The zero-order valence-electron chi connectivity index (χ0n) is 27.6. The quantitative estimate of drug-likeness (QED) is 0.174. The Kier molecular flexibility index (Phi) is 10.5. The van der Waals surface area contributed by atoms with Crippen LogP contribution in [-0.4, -0.2) is 83.0 Å². The highest BCUT2D eigenvalue weighted by Gasteiger charge is 2.47. The second kappa shape index (κ2) is 14.6. The van der Waals surface area contributed by atoms with E-state index in [-0.39, 0.29) is 13.2 Å². The van der Waals surface area contributed by atoms with Gasteiger partial charge in [0.15, 0.2) is 6.23 Å². The lowest BCUT2D eigenvalue weighted by atomic mass is 9.75. The Morgan fingerprint density at radius 3 is 1.92 bits per heavy atom. The molecule has 0 spiro atoms. The molecule has 1 aromatic heterocycles. The first-order valence-electron chi connectivity index (χ1n) is 16.3. The molecule has 3 aromatic carbocycles. The summed E-state index contributed by atoms with van der Waals surface area (Å²) in [6, 6.07) is 31.1. The van der Waals surface area contributed by atoms with E-state index in [2.05, 4.69) is 65.3 Å². The number of nitrogens with zero attached hydrogens (tertiary/aromatic N) is 4. The monoisotopic (exact) mass is 691 g/mol. The van der Waals surface area contributed by atoms with E-state index in [1.807, 2.05) is 54.6 Å². The van der Waals surface area contributed by atoms with Crippen LogP contribution in [0.15, 0.2) is 107 Å². The third-order valence-electron chi connectivity index (χ3n) is 9.58. The molecule has 0 amide bonds. The van der Waals surface area contributed by atoms with Crippen molar-refractivity contribution in [2.24, 2.45) is 0 Å². The molecule has 1 N–H and O–H groups in total. The fourth-order valence-electron chi connectivity index (χ4n) is 7.09. The van der Waals surface area contributed by atoms with Gasteiger partial charge < -0.3 is 14.2 Å². The van der Waals surface area contributed by atoms with Crippen molar-refractivity contribution in [3.8, 4) is 0 Å². The number of aromatic amines is 1. The number of piperidine rings is 1. The van der Waals surface area contributed by atoms with Gasteiger partial charge in [-0.05, 0) is 61.8 Å². The van der Waals surface area contributed by atoms with Crippen molar-refractivity contribution in [2.75, 3.05) is 46.9 Å². The molecule has 2 saturated heterocycles. The maximum absolute atomic E-state index is 13.8. The molecule has 48 heavy (non-hydrogen) atoms. The van der Waals surface area contributed by atoms with Crippen LogP contribution >= 0.6 is 18.1 Å². The van der Waals surface area contributed by atoms with Crippen molar-refractivity contribution in [2.45, 2.75) is 43.7 Å². The Balaban J connectivity index is 1.42. The predicted octanol–water partition coefficient (Wildman–Crippen LogP) is 5.43. The van der Waals surface area contributed by atoms with Gasteiger partial charge in [-0.2, -0.15) is 0 Å². The van der Waals surface area contributed by atoms with E-state index >= 15 is 0 Å². The normalized spacial score (nSPS) is 21.3. The number of halogens is 1. The van der Waals surface area contributed by atoms with Crippen molar-refractivity contribution in [3.05, 3.63) is 140 Å². The second-order valence-corrected chi connectivity index (χ2v) is 15.8. The van der Waals surface area contributed by atoms with Gasteiger partial charge >= 0.3 is 12.6 Å². The Hall–Kier alpha value is -3.34. The summed E-state index contributed by atoms with van der Waals surface area (Å²) in [6.45, 7) is -0.293. The molecular weight excluding hydrogens is 649 g/mol. The van der Waals surface area contributed by atoms with Crippen molar-refractivity contribution >= 4 is 18.1 Å². The topological polar surface area (TPSA) is 100 Å². The van der Waals surface area contributed by atoms with Crippen molar-refractivity contribution in [3.63, 3.8) is 0 Å². The molecule has 2 fully saturated rings. The van der Waals surface area contributed by atoms with Crippen LogP contribution in [0.5, 0.6) is 0 Å². The zero-order valence-corrected chi connectivity index (χ0v) is 29.2. The van der Waals surface area contributed by atoms with E-state index in [1.165, 1.54) is 10.8 Å². The van der Waals surface area contributed by atoms with Gasteiger partial charge in [-0.25, -0.2) is 9.46 Å². The van der Waals surface area contributed by atoms with E-state index in [4.69, 9.17) is 20.5 Å². The summed E-state index contributed by atoms with van der Waals surface area (Å²) >= 11 is 6.67. The summed E-state index contributed by atoms with van der Waals surface area (Å²) in [4.78, 5) is 32.5. The molecular formula is C36H43ClN5O5P. The Morgan fingerprint density at radius 2 is 1.42 bits per heavy atom. The second-order valence-electron chi connectivity index (χ2n) is 12.8. The summed E-state index contributed by atoms with van der Waals surface area (Å²) < 4.78 is 29.6. The molecule has 6 rings (SSSR count). The lowest BCUT2D eigenvalue weighted by Gasteiger charge is -2.50. The maximum atomic E-state index is 13.8. The Bertz CT molecular complexity index is 1730. The number of aromatic nitrogens is 2. The summed E-state index contributed by atoms with van der Waals surface area (Å²) in [5, 5.41) is 0. The standard InChI is InChI=1S/C36H43ClN5O5P/c1-27-23-42(35(44)38-34(27)43)33-25-40(24-32(47-33)26-46-48(37,45)41-21-19-31(20-22-41)39(2)3)36(28-13-7-4-8-14-28,29-15-9-5-10-16-29)30-17-11-6-12-18-30/h4-18,23,31-33H,19-22,24-26H2,1-3H3,(H,38,43,44)/t32?,33-,48?/m1/s1. The zero-order chi connectivity index (χ0) is 33.9. The number of rotatable bonds is 10. The number of morpholine rings is 1. The van der Waals surface area contributed by atoms with E-state index < -0.39 is 36.0 Å². The third-order valence-corrected chi connectivity index (χ3v) is 12.1. The highest BCUT2D eigenvalue weighted by molar-refractivity contribution is 7.83. The molecule has 12 heteroatoms. The van der Waals surface area contributed by atoms with Gasteiger partial charge in [0.05, 0.1) is 18.2 Å². The lowest BCUT2D eigenvalue weighted by molar-refractivity contribution is -0.148. The molecule has 0 saturated carbocycles. The lowest BCUT2D eigenvalue weighted by Crippen LogP contribution is -2.58. The van der Waals surface area contributed by atoms with Crippen LogP contribution < -0.4 is 11.2 Å². The highest BCUT2D eigenvalue weighted by Crippen LogP contribution is 2.57. The number of hydrogen-bond acceptors (Lipinski definition) is 7. The van der Waals surface area contributed by atoms with Crippen LogP contribution in [0.3, 0.4) is 0 Å². The number of ether oxygens (including phenoxy) is 1. The van der Waals surface area contributed by atoms with Crippen LogP contribution in [0.25, 0.3) is 0 Å². The number of nitrogens with one attached hydrogen (secondary N) is 1. The molecule has 0 radical (unpaired) electrons. The SMILES string of the molecule is Cc1cn([C@H]2CN(C(c3ccccc3)(c3ccccc3)c3ccccc3)CC(COP(=O)(Cl)N3CCC(N(C)C)CC3)O2)c(=O)[nH]c1=O. The highest BCUT2D eigenvalue weighted by atomic mass is 35.7. The molecule has 10 nitrogen and oxygen atoms in total. The van der Waals surface area contributed by atoms with Crippen LogP contribution in [0, 0.1) is 6.92 Å². The van der Waals surface area contributed by atoms with Gasteiger partial charge in [0.2, 0.25) is 0 Å². The molecule has 2 aliphatic rings. The Morgan fingerprint density at radius 1 is 0.896 bits per heavy atom. The van der Waals surface area contributed by atoms with Gasteiger partial charge in [-0.15, -0.1) is 0 Å². The van der Waals surface area contributed by atoms with Gasteiger partial charge in [0.25, 0.3) is 5.56 Å². The predicted molar refractivity (Wildman–Crippen MR) is 188 cm³/mol. The van der Waals surface area contributed by atoms with Crippen molar-refractivity contribution < 1.29 is 13.8 Å². The van der Waals surface area contributed by atoms with Crippen molar-refractivity contribution in [1.29, 1.82) is 0 Å². The van der Waals surface area contributed by atoms with Gasteiger partial charge in [-0.3, -0.25) is 23.8 Å². The van der Waals surface area contributed by atoms with E-state index in [1.54, 1.807) is 11.6 Å². The first-order valence-corrected chi connectivity index (χ1v) is 18.8. The molecule has 254 valence electrons. The van der Waals surface area contributed by atoms with Crippen LogP contribution in [0.4, 0.5) is 0 Å². The molecule has 2 unspecified atom stereocenters. The van der Waals surface area contributed by atoms with Gasteiger partial charge in [0, 0.05) is 44.0 Å². The smallest absolute Gasteiger partial charge is 0.350 e. The summed E-state index contributed by atoms with van der Waals surface area (Å²) in [5.74, 6) is 0. The van der Waals surface area contributed by atoms with E-state index in [0.29, 0.717) is 31.2 Å². The number of aryl methyl sites for hydroxylation is 1. The fraction of sp³-hybridized carbons (Fsp3) is 0.389. The van der Waals surface area contributed by atoms with Crippen LogP contribution in [-0.2, 0) is 19.4 Å². The minimum atomic E-state index is -3.67. The molecule has 0 aliphatic carbocycles. The van der Waals surface area contributed by atoms with Crippen LogP contribution in [0.1, 0.15) is 41.3 Å². The molecule has 3 heterocycles. The summed E-state index contributed by atoms with van der Waals surface area (Å²) in [5.41, 5.74) is 1.63. The van der Waals surface area contributed by atoms with Gasteiger partial charge in [-0.1, -0.05) is 91.0 Å². The maximum Gasteiger partial charge on any atom is 0.363 e. The Labute approximate surface area is 286 Å². The minimum Gasteiger partial charge on any atom is -0.350 e. The van der Waals surface area contributed by atoms with Crippen LogP contribution in [0.2, 0.25) is 0 Å². The van der Waals surface area contributed by atoms with Crippen molar-refractivity contribution in [1.82, 2.24) is 24.0 Å². The summed E-state index contributed by atoms with van der Waals surface area (Å²) in [7, 11) is 4.10. The number of benzene rings is 3. The fourth-order valence-corrected chi connectivity index (χ4v) is 8.93. The minimum absolute atomic E-state index is 0.0626. The van der Waals surface area contributed by atoms with E-state index in [0.717, 1.165) is 29.5 Å². The van der Waals surface area contributed by atoms with E-state index in [9.17, 15) is 14.2 Å². The first-order chi connectivity index (χ1) is 23.1. The molecule has 2 aliphatic heterocycles. The molecule has 4 aromatic rings. The molecule has 0 bridgehead atoms. The first kappa shape index (κ1) is 34.5. The number of H-pyrrole nitrogens is 1. The number of hydrogen-bond donors (Lipinski definition) is 1.